The van der Waals surface area contributed by atoms with Gasteiger partial charge in [-0.2, -0.15) is 0 Å². The fraction of sp³-hybridized carbons (Fsp3) is 0.682. The first-order valence-corrected chi connectivity index (χ1v) is 10.6. The van der Waals surface area contributed by atoms with E-state index in [2.05, 4.69) is 53.6 Å². The molecule has 0 amide bonds. The minimum Gasteiger partial charge on any atom is -0.382 e. The summed E-state index contributed by atoms with van der Waals surface area (Å²) in [6.45, 7) is 14.0. The number of hydrogen-bond donors (Lipinski definition) is 2. The number of aliphatic imine (C=N–C) groups is 1. The van der Waals surface area contributed by atoms with Crippen LogP contribution in [0.5, 0.6) is 0 Å². The SMILES string of the molecule is CCNC(=NCC1CCN(Cc2ccc(C)cc2)CC1)NCCCOCC. The summed E-state index contributed by atoms with van der Waals surface area (Å²) in [4.78, 5) is 7.38. The average Bonchev–Trinajstić information content (AvgIpc) is 2.69. The highest BCUT2D eigenvalue weighted by Crippen LogP contribution is 2.19. The van der Waals surface area contributed by atoms with Crippen LogP contribution in [0.15, 0.2) is 29.3 Å². The fourth-order valence-electron chi connectivity index (χ4n) is 3.37. The Balaban J connectivity index is 1.69. The molecule has 1 aromatic rings. The molecule has 0 atom stereocenters. The molecule has 0 radical (unpaired) electrons. The Hall–Kier alpha value is -1.59. The maximum atomic E-state index is 5.38. The minimum atomic E-state index is 0.693. The summed E-state index contributed by atoms with van der Waals surface area (Å²) in [7, 11) is 0. The molecular weight excluding hydrogens is 336 g/mol. The van der Waals surface area contributed by atoms with Crippen molar-refractivity contribution < 1.29 is 4.74 Å². The zero-order chi connectivity index (χ0) is 19.3. The summed E-state index contributed by atoms with van der Waals surface area (Å²) in [5.41, 5.74) is 2.75. The van der Waals surface area contributed by atoms with E-state index in [1.54, 1.807) is 0 Å². The third kappa shape index (κ3) is 8.76. The van der Waals surface area contributed by atoms with E-state index in [-0.39, 0.29) is 0 Å². The molecule has 152 valence electrons. The quantitative estimate of drug-likeness (QED) is 0.375. The van der Waals surface area contributed by atoms with Gasteiger partial charge in [-0.25, -0.2) is 0 Å². The number of hydrogen-bond acceptors (Lipinski definition) is 3. The van der Waals surface area contributed by atoms with Crippen LogP contribution in [0.25, 0.3) is 0 Å². The molecule has 2 rings (SSSR count). The second-order valence-electron chi connectivity index (χ2n) is 7.40. The van der Waals surface area contributed by atoms with Crippen molar-refractivity contribution in [2.45, 2.75) is 46.6 Å². The fourth-order valence-corrected chi connectivity index (χ4v) is 3.37. The van der Waals surface area contributed by atoms with E-state index in [9.17, 15) is 0 Å². The van der Waals surface area contributed by atoms with Crippen LogP contribution >= 0.6 is 0 Å². The molecule has 1 heterocycles. The zero-order valence-corrected chi connectivity index (χ0v) is 17.5. The van der Waals surface area contributed by atoms with E-state index in [1.165, 1.54) is 37.1 Å². The van der Waals surface area contributed by atoms with Crippen molar-refractivity contribution in [3.8, 4) is 0 Å². The number of ether oxygens (including phenoxy) is 1. The van der Waals surface area contributed by atoms with Crippen LogP contribution in [0, 0.1) is 12.8 Å². The van der Waals surface area contributed by atoms with Gasteiger partial charge in [-0.3, -0.25) is 9.89 Å². The lowest BCUT2D eigenvalue weighted by molar-refractivity contribution is 0.145. The van der Waals surface area contributed by atoms with Crippen LogP contribution in [0.4, 0.5) is 0 Å². The van der Waals surface area contributed by atoms with E-state index in [0.29, 0.717) is 5.92 Å². The van der Waals surface area contributed by atoms with Gasteiger partial charge in [0.25, 0.3) is 0 Å². The summed E-state index contributed by atoms with van der Waals surface area (Å²) in [6.07, 6.45) is 3.48. The number of nitrogens with one attached hydrogen (secondary N) is 2. The maximum absolute atomic E-state index is 5.38. The highest BCUT2D eigenvalue weighted by Gasteiger charge is 2.19. The van der Waals surface area contributed by atoms with Crippen molar-refractivity contribution in [1.82, 2.24) is 15.5 Å². The third-order valence-electron chi connectivity index (χ3n) is 5.05. The molecule has 1 fully saturated rings. The first-order chi connectivity index (χ1) is 13.2. The molecular formula is C22H38N4O. The molecule has 1 aromatic carbocycles. The van der Waals surface area contributed by atoms with Crippen LogP contribution in [0.3, 0.4) is 0 Å². The topological polar surface area (TPSA) is 48.9 Å². The van der Waals surface area contributed by atoms with Crippen LogP contribution in [0.1, 0.15) is 44.2 Å². The van der Waals surface area contributed by atoms with E-state index >= 15 is 0 Å². The number of likely N-dealkylation sites (tertiary alicyclic amines) is 1. The first kappa shape index (κ1) is 21.7. The monoisotopic (exact) mass is 374 g/mol. The van der Waals surface area contributed by atoms with Crippen molar-refractivity contribution in [3.05, 3.63) is 35.4 Å². The van der Waals surface area contributed by atoms with Crippen molar-refractivity contribution in [2.75, 3.05) is 45.9 Å². The predicted octanol–water partition coefficient (Wildman–Crippen LogP) is 3.19. The van der Waals surface area contributed by atoms with Crippen LogP contribution in [-0.4, -0.2) is 56.8 Å². The molecule has 1 saturated heterocycles. The van der Waals surface area contributed by atoms with Gasteiger partial charge in [0, 0.05) is 39.4 Å². The summed E-state index contributed by atoms with van der Waals surface area (Å²) < 4.78 is 5.38. The molecule has 27 heavy (non-hydrogen) atoms. The van der Waals surface area contributed by atoms with Gasteiger partial charge in [0.05, 0.1) is 0 Å². The van der Waals surface area contributed by atoms with E-state index < -0.39 is 0 Å². The average molecular weight is 375 g/mol. The lowest BCUT2D eigenvalue weighted by Crippen LogP contribution is -2.39. The third-order valence-corrected chi connectivity index (χ3v) is 5.05. The van der Waals surface area contributed by atoms with E-state index in [0.717, 1.165) is 51.8 Å². The number of piperidine rings is 1. The van der Waals surface area contributed by atoms with Gasteiger partial charge < -0.3 is 15.4 Å². The van der Waals surface area contributed by atoms with Crippen molar-refractivity contribution >= 4 is 5.96 Å². The van der Waals surface area contributed by atoms with Crippen LogP contribution in [0.2, 0.25) is 0 Å². The van der Waals surface area contributed by atoms with Crippen molar-refractivity contribution in [3.63, 3.8) is 0 Å². The Kier molecular flexibility index (Phi) is 10.2. The van der Waals surface area contributed by atoms with Crippen LogP contribution < -0.4 is 10.6 Å². The normalized spacial score (nSPS) is 16.5. The highest BCUT2D eigenvalue weighted by atomic mass is 16.5. The smallest absolute Gasteiger partial charge is 0.191 e. The number of nitrogens with zero attached hydrogens (tertiary/aromatic N) is 2. The molecule has 1 aliphatic heterocycles. The van der Waals surface area contributed by atoms with Gasteiger partial charge in [0.2, 0.25) is 0 Å². The Bertz CT molecular complexity index is 536. The Labute approximate surface area is 165 Å². The Morgan fingerprint density at radius 3 is 2.56 bits per heavy atom. The lowest BCUT2D eigenvalue weighted by Gasteiger charge is -2.31. The van der Waals surface area contributed by atoms with Crippen LogP contribution in [-0.2, 0) is 11.3 Å². The highest BCUT2D eigenvalue weighted by molar-refractivity contribution is 5.79. The Morgan fingerprint density at radius 2 is 1.89 bits per heavy atom. The van der Waals surface area contributed by atoms with Gasteiger partial charge in [-0.15, -0.1) is 0 Å². The molecule has 1 aliphatic rings. The molecule has 0 saturated carbocycles. The molecule has 2 N–H and O–H groups in total. The second-order valence-corrected chi connectivity index (χ2v) is 7.40. The molecule has 0 spiro atoms. The number of aryl methyl sites for hydroxylation is 1. The Morgan fingerprint density at radius 1 is 1.15 bits per heavy atom. The molecule has 0 unspecified atom stereocenters. The number of benzene rings is 1. The second kappa shape index (κ2) is 12.7. The predicted molar refractivity (Wildman–Crippen MR) is 114 cm³/mol. The largest absolute Gasteiger partial charge is 0.382 e. The molecule has 0 bridgehead atoms. The standard InChI is InChI=1S/C22H38N4O/c1-4-23-22(24-13-6-16-27-5-2)25-17-20-11-14-26(15-12-20)18-21-9-7-19(3)8-10-21/h7-10,20H,4-6,11-18H2,1-3H3,(H2,23,24,25). The lowest BCUT2D eigenvalue weighted by atomic mass is 9.96. The molecule has 5 nitrogen and oxygen atoms in total. The summed E-state index contributed by atoms with van der Waals surface area (Å²) in [5.74, 6) is 1.63. The summed E-state index contributed by atoms with van der Waals surface area (Å²) in [6, 6.07) is 8.93. The van der Waals surface area contributed by atoms with Gasteiger partial charge in [-0.05, 0) is 64.6 Å². The zero-order valence-electron chi connectivity index (χ0n) is 17.5. The minimum absolute atomic E-state index is 0.693. The van der Waals surface area contributed by atoms with Crippen molar-refractivity contribution in [2.24, 2.45) is 10.9 Å². The molecule has 0 aliphatic carbocycles. The summed E-state index contributed by atoms with van der Waals surface area (Å²) >= 11 is 0. The van der Waals surface area contributed by atoms with Gasteiger partial charge in [-0.1, -0.05) is 29.8 Å². The van der Waals surface area contributed by atoms with Gasteiger partial charge >= 0.3 is 0 Å². The van der Waals surface area contributed by atoms with E-state index in [4.69, 9.17) is 9.73 Å². The van der Waals surface area contributed by atoms with E-state index in [1.807, 2.05) is 6.92 Å². The van der Waals surface area contributed by atoms with Gasteiger partial charge in [0.15, 0.2) is 5.96 Å². The van der Waals surface area contributed by atoms with Gasteiger partial charge in [0.1, 0.15) is 0 Å². The first-order valence-electron chi connectivity index (χ1n) is 10.6. The number of rotatable bonds is 10. The summed E-state index contributed by atoms with van der Waals surface area (Å²) in [5, 5.41) is 6.76. The number of guanidine groups is 1. The maximum Gasteiger partial charge on any atom is 0.191 e. The molecule has 0 aromatic heterocycles. The molecule has 5 heteroatoms. The van der Waals surface area contributed by atoms with Crippen molar-refractivity contribution in [1.29, 1.82) is 0 Å².